The smallest absolute Gasteiger partial charge is 0.243 e. The number of pyridine rings is 1. The number of aromatic nitrogens is 3. The van der Waals surface area contributed by atoms with Gasteiger partial charge in [-0.05, 0) is 43.2 Å². The molecule has 0 unspecified atom stereocenters. The minimum atomic E-state index is -3.70. The van der Waals surface area contributed by atoms with Gasteiger partial charge in [-0.2, -0.15) is 4.31 Å². The van der Waals surface area contributed by atoms with Gasteiger partial charge in [-0.25, -0.2) is 12.8 Å². The number of rotatable bonds is 3. The summed E-state index contributed by atoms with van der Waals surface area (Å²) in [6.45, 7) is 0.730. The van der Waals surface area contributed by atoms with E-state index in [-0.39, 0.29) is 15.8 Å². The lowest BCUT2D eigenvalue weighted by Crippen LogP contribution is -2.38. The Labute approximate surface area is 155 Å². The summed E-state index contributed by atoms with van der Waals surface area (Å²) in [5, 5.41) is 8.23. The van der Waals surface area contributed by atoms with Crippen LogP contribution in [0.4, 0.5) is 4.39 Å². The molecule has 1 aliphatic rings. The molecule has 0 N–H and O–H groups in total. The second-order valence-electron chi connectivity index (χ2n) is 6.24. The second kappa shape index (κ2) is 6.61. The molecule has 1 aromatic carbocycles. The van der Waals surface area contributed by atoms with Gasteiger partial charge < -0.3 is 0 Å². The molecule has 4 rings (SSSR count). The van der Waals surface area contributed by atoms with Crippen molar-refractivity contribution in [1.82, 2.24) is 18.9 Å². The molecule has 0 amide bonds. The third-order valence-corrected chi connectivity index (χ3v) is 6.87. The molecule has 0 saturated carbocycles. The van der Waals surface area contributed by atoms with Crippen LogP contribution in [0.5, 0.6) is 0 Å². The van der Waals surface area contributed by atoms with Crippen molar-refractivity contribution in [3.8, 4) is 0 Å². The highest BCUT2D eigenvalue weighted by atomic mass is 35.5. The van der Waals surface area contributed by atoms with E-state index in [2.05, 4.69) is 10.2 Å². The number of hydrogen-bond donors (Lipinski definition) is 0. The van der Waals surface area contributed by atoms with Crippen molar-refractivity contribution in [2.75, 3.05) is 13.1 Å². The Kier molecular flexibility index (Phi) is 4.42. The minimum absolute atomic E-state index is 0.00952. The number of nitrogens with zero attached hydrogens (tertiary/aromatic N) is 4. The molecule has 0 bridgehead atoms. The average molecular weight is 395 g/mol. The van der Waals surface area contributed by atoms with Crippen molar-refractivity contribution in [3.63, 3.8) is 0 Å². The first-order valence-corrected chi connectivity index (χ1v) is 10.0. The van der Waals surface area contributed by atoms with E-state index in [4.69, 9.17) is 11.6 Å². The number of benzene rings is 1. The Balaban J connectivity index is 1.53. The minimum Gasteiger partial charge on any atom is -0.286 e. The van der Waals surface area contributed by atoms with E-state index in [1.807, 2.05) is 28.8 Å². The van der Waals surface area contributed by atoms with Gasteiger partial charge in [-0.3, -0.25) is 4.40 Å². The summed E-state index contributed by atoms with van der Waals surface area (Å²) in [6, 6.07) is 9.17. The largest absolute Gasteiger partial charge is 0.286 e. The molecule has 0 radical (unpaired) electrons. The van der Waals surface area contributed by atoms with Gasteiger partial charge in [0, 0.05) is 25.2 Å². The summed E-state index contributed by atoms with van der Waals surface area (Å²) < 4.78 is 42.2. The molecule has 1 aliphatic heterocycles. The van der Waals surface area contributed by atoms with Crippen LogP contribution in [-0.2, 0) is 10.0 Å². The molecule has 3 aromatic rings. The molecule has 9 heteroatoms. The van der Waals surface area contributed by atoms with Gasteiger partial charge in [0.15, 0.2) is 5.65 Å². The number of sulfonamides is 1. The Hall–Kier alpha value is -2.03. The van der Waals surface area contributed by atoms with Crippen molar-refractivity contribution in [2.45, 2.75) is 23.7 Å². The molecule has 1 fully saturated rings. The summed E-state index contributed by atoms with van der Waals surface area (Å²) in [4.78, 5) is 0.00952. The van der Waals surface area contributed by atoms with Crippen LogP contribution in [0.3, 0.4) is 0 Å². The second-order valence-corrected chi connectivity index (χ2v) is 8.59. The van der Waals surface area contributed by atoms with Crippen LogP contribution in [0, 0.1) is 5.82 Å². The zero-order chi connectivity index (χ0) is 18.3. The fourth-order valence-electron chi connectivity index (χ4n) is 3.28. The van der Waals surface area contributed by atoms with Crippen molar-refractivity contribution < 1.29 is 12.8 Å². The van der Waals surface area contributed by atoms with Crippen LogP contribution in [0.25, 0.3) is 5.65 Å². The molecule has 6 nitrogen and oxygen atoms in total. The summed E-state index contributed by atoms with van der Waals surface area (Å²) in [5.41, 5.74) is 0.776. The maximum absolute atomic E-state index is 13.3. The third kappa shape index (κ3) is 2.98. The highest BCUT2D eigenvalue weighted by Crippen LogP contribution is 2.31. The van der Waals surface area contributed by atoms with Gasteiger partial charge in [-0.1, -0.05) is 17.7 Å². The van der Waals surface area contributed by atoms with Gasteiger partial charge in [0.1, 0.15) is 11.6 Å². The average Bonchev–Trinajstić information content (AvgIpc) is 3.08. The summed E-state index contributed by atoms with van der Waals surface area (Å²) in [6.07, 6.45) is 3.20. The third-order valence-electron chi connectivity index (χ3n) is 4.69. The summed E-state index contributed by atoms with van der Waals surface area (Å²) >= 11 is 5.73. The van der Waals surface area contributed by atoms with E-state index >= 15 is 0 Å². The van der Waals surface area contributed by atoms with E-state index in [1.165, 1.54) is 10.4 Å². The molecule has 26 heavy (non-hydrogen) atoms. The lowest BCUT2D eigenvalue weighted by molar-refractivity contribution is 0.312. The van der Waals surface area contributed by atoms with Crippen molar-refractivity contribution in [2.24, 2.45) is 0 Å². The molecule has 1 saturated heterocycles. The molecular formula is C17H16ClFN4O2S. The predicted octanol–water partition coefficient (Wildman–Crippen LogP) is 3.09. The highest BCUT2D eigenvalue weighted by Gasteiger charge is 2.32. The zero-order valence-corrected chi connectivity index (χ0v) is 15.3. The molecule has 0 atom stereocenters. The number of piperidine rings is 1. The lowest BCUT2D eigenvalue weighted by Gasteiger charge is -2.30. The topological polar surface area (TPSA) is 67.6 Å². The molecule has 0 spiro atoms. The van der Waals surface area contributed by atoms with E-state index in [0.717, 1.165) is 23.6 Å². The van der Waals surface area contributed by atoms with Crippen LogP contribution < -0.4 is 0 Å². The summed E-state index contributed by atoms with van der Waals surface area (Å²) in [5.74, 6) is 0.348. The SMILES string of the molecule is O=S(=O)(c1ccc(F)c(Cl)c1)N1CCC(c2nnc3ccccn23)CC1. The van der Waals surface area contributed by atoms with Gasteiger partial charge >= 0.3 is 0 Å². The van der Waals surface area contributed by atoms with E-state index in [1.54, 1.807) is 0 Å². The van der Waals surface area contributed by atoms with E-state index in [0.29, 0.717) is 25.9 Å². The molecule has 2 aromatic heterocycles. The summed E-state index contributed by atoms with van der Waals surface area (Å²) in [7, 11) is -3.70. The fourth-order valence-corrected chi connectivity index (χ4v) is 5.02. The molecular weight excluding hydrogens is 379 g/mol. The predicted molar refractivity (Wildman–Crippen MR) is 95.1 cm³/mol. The van der Waals surface area contributed by atoms with Gasteiger partial charge in [-0.15, -0.1) is 10.2 Å². The first-order chi connectivity index (χ1) is 12.5. The first-order valence-electron chi connectivity index (χ1n) is 8.21. The first kappa shape index (κ1) is 17.4. The van der Waals surface area contributed by atoms with Crippen LogP contribution in [0.2, 0.25) is 5.02 Å². The lowest BCUT2D eigenvalue weighted by atomic mass is 9.97. The van der Waals surface area contributed by atoms with Gasteiger partial charge in [0.2, 0.25) is 10.0 Å². The maximum atomic E-state index is 13.3. The normalized spacial score (nSPS) is 17.0. The molecule has 0 aliphatic carbocycles. The maximum Gasteiger partial charge on any atom is 0.243 e. The Morgan fingerprint density at radius 3 is 2.62 bits per heavy atom. The number of fused-ring (bicyclic) bond motifs is 1. The van der Waals surface area contributed by atoms with Crippen molar-refractivity contribution in [3.05, 3.63) is 59.3 Å². The Morgan fingerprint density at radius 2 is 1.88 bits per heavy atom. The van der Waals surface area contributed by atoms with E-state index < -0.39 is 15.8 Å². The van der Waals surface area contributed by atoms with Crippen molar-refractivity contribution in [1.29, 1.82) is 0 Å². The molecule has 136 valence electrons. The zero-order valence-electron chi connectivity index (χ0n) is 13.7. The Morgan fingerprint density at radius 1 is 1.12 bits per heavy atom. The standard InChI is InChI=1S/C17H16ClFN4O2S/c18-14-11-13(4-5-15(14)19)26(24,25)22-9-6-12(7-10-22)17-21-20-16-3-1-2-8-23(16)17/h1-5,8,11-12H,6-7,9-10H2. The van der Waals surface area contributed by atoms with Crippen molar-refractivity contribution >= 4 is 27.3 Å². The van der Waals surface area contributed by atoms with Crippen LogP contribution in [-0.4, -0.2) is 40.4 Å². The quantitative estimate of drug-likeness (QED) is 0.684. The van der Waals surface area contributed by atoms with Crippen LogP contribution in [0.15, 0.2) is 47.5 Å². The Bertz CT molecular complexity index is 1060. The van der Waals surface area contributed by atoms with Crippen LogP contribution >= 0.6 is 11.6 Å². The molecule has 3 heterocycles. The highest BCUT2D eigenvalue weighted by molar-refractivity contribution is 7.89. The van der Waals surface area contributed by atoms with Gasteiger partial charge in [0.25, 0.3) is 0 Å². The monoisotopic (exact) mass is 394 g/mol. The van der Waals surface area contributed by atoms with E-state index in [9.17, 15) is 12.8 Å². The number of hydrogen-bond acceptors (Lipinski definition) is 4. The van der Waals surface area contributed by atoms with Crippen LogP contribution in [0.1, 0.15) is 24.6 Å². The fraction of sp³-hybridized carbons (Fsp3) is 0.294. The number of halogens is 2. The van der Waals surface area contributed by atoms with Gasteiger partial charge in [0.05, 0.1) is 9.92 Å².